The highest BCUT2D eigenvalue weighted by atomic mass is 16.5. The van der Waals surface area contributed by atoms with Gasteiger partial charge in [-0.15, -0.1) is 0 Å². The van der Waals surface area contributed by atoms with Crippen LogP contribution in [0.15, 0.2) is 30.6 Å². The van der Waals surface area contributed by atoms with E-state index in [2.05, 4.69) is 15.7 Å². The van der Waals surface area contributed by atoms with Crippen LogP contribution in [0.4, 0.5) is 16.2 Å². The number of nitrogens with zero attached hydrogens (tertiary/aromatic N) is 2. The number of anilines is 2. The van der Waals surface area contributed by atoms with Crippen LogP contribution in [0, 0.1) is 6.92 Å². The molecule has 0 spiro atoms. The molecule has 0 aliphatic rings. The first kappa shape index (κ1) is 14.9. The molecule has 2 N–H and O–H groups in total. The maximum atomic E-state index is 11.9. The molecule has 0 saturated heterocycles. The number of amides is 2. The third kappa shape index (κ3) is 4.24. The first-order valence-electron chi connectivity index (χ1n) is 6.78. The van der Waals surface area contributed by atoms with E-state index < -0.39 is 0 Å². The van der Waals surface area contributed by atoms with Gasteiger partial charge < -0.3 is 15.4 Å². The monoisotopic (exact) mass is 288 g/mol. The van der Waals surface area contributed by atoms with E-state index in [-0.39, 0.29) is 12.1 Å². The van der Waals surface area contributed by atoms with Gasteiger partial charge in [0.15, 0.2) is 0 Å². The van der Waals surface area contributed by atoms with Crippen LogP contribution in [0.25, 0.3) is 0 Å². The molecule has 0 fully saturated rings. The highest BCUT2D eigenvalue weighted by Crippen LogP contribution is 2.23. The molecule has 0 bridgehead atoms. The second kappa shape index (κ2) is 6.30. The molecule has 0 atom stereocenters. The molecule has 2 aromatic rings. The maximum Gasteiger partial charge on any atom is 0.323 e. The quantitative estimate of drug-likeness (QED) is 0.908. The van der Waals surface area contributed by atoms with Crippen molar-refractivity contribution in [2.45, 2.75) is 26.9 Å². The smallest absolute Gasteiger partial charge is 0.323 e. The summed E-state index contributed by atoms with van der Waals surface area (Å²) in [5.74, 6) is 0.822. The number of nitrogens with one attached hydrogen (secondary N) is 2. The fourth-order valence-corrected chi connectivity index (χ4v) is 1.89. The molecule has 112 valence electrons. The van der Waals surface area contributed by atoms with Crippen LogP contribution in [-0.4, -0.2) is 21.9 Å². The van der Waals surface area contributed by atoms with Gasteiger partial charge in [0.05, 0.1) is 18.0 Å². The van der Waals surface area contributed by atoms with Crippen LogP contribution in [-0.2, 0) is 7.05 Å². The van der Waals surface area contributed by atoms with Crippen molar-refractivity contribution in [2.24, 2.45) is 7.05 Å². The van der Waals surface area contributed by atoms with E-state index in [9.17, 15) is 4.79 Å². The Morgan fingerprint density at radius 2 is 2.00 bits per heavy atom. The molecule has 0 aliphatic carbocycles. The molecule has 0 aliphatic heterocycles. The summed E-state index contributed by atoms with van der Waals surface area (Å²) in [6, 6.07) is 5.24. The standard InChI is InChI=1S/C15H20N4O2/c1-10(2)21-14-6-5-12(7-11(14)3)17-15(20)18-13-8-16-19(4)9-13/h5-10H,1-4H3,(H2,17,18,20). The second-order valence-electron chi connectivity index (χ2n) is 5.13. The Bertz CT molecular complexity index is 634. The van der Waals surface area contributed by atoms with Crippen molar-refractivity contribution >= 4 is 17.4 Å². The van der Waals surface area contributed by atoms with Crippen LogP contribution >= 0.6 is 0 Å². The summed E-state index contributed by atoms with van der Waals surface area (Å²) >= 11 is 0. The lowest BCUT2D eigenvalue weighted by Gasteiger charge is -2.13. The zero-order chi connectivity index (χ0) is 15.4. The summed E-state index contributed by atoms with van der Waals surface area (Å²) in [5.41, 5.74) is 2.33. The second-order valence-corrected chi connectivity index (χ2v) is 5.13. The van der Waals surface area contributed by atoms with E-state index in [0.29, 0.717) is 11.4 Å². The molecule has 0 radical (unpaired) electrons. The first-order valence-corrected chi connectivity index (χ1v) is 6.78. The molecule has 2 amide bonds. The number of aryl methyl sites for hydroxylation is 2. The molecule has 1 aromatic carbocycles. The van der Waals surface area contributed by atoms with Gasteiger partial charge in [0.25, 0.3) is 0 Å². The lowest BCUT2D eigenvalue weighted by atomic mass is 10.2. The molecule has 21 heavy (non-hydrogen) atoms. The predicted octanol–water partition coefficient (Wildman–Crippen LogP) is 3.16. The molecule has 1 aromatic heterocycles. The van der Waals surface area contributed by atoms with Gasteiger partial charge in [0, 0.05) is 18.9 Å². The minimum Gasteiger partial charge on any atom is -0.491 e. The van der Waals surface area contributed by atoms with Gasteiger partial charge in [-0.1, -0.05) is 0 Å². The topological polar surface area (TPSA) is 68.2 Å². The fourth-order valence-electron chi connectivity index (χ4n) is 1.89. The van der Waals surface area contributed by atoms with Gasteiger partial charge in [0.1, 0.15) is 5.75 Å². The molecule has 0 saturated carbocycles. The van der Waals surface area contributed by atoms with Gasteiger partial charge in [-0.3, -0.25) is 4.68 Å². The summed E-state index contributed by atoms with van der Waals surface area (Å²) in [4.78, 5) is 11.9. The molecule has 1 heterocycles. The van der Waals surface area contributed by atoms with E-state index in [1.807, 2.05) is 39.0 Å². The molecule has 0 unspecified atom stereocenters. The number of aromatic nitrogens is 2. The zero-order valence-electron chi connectivity index (χ0n) is 12.7. The SMILES string of the molecule is Cc1cc(NC(=O)Nc2cnn(C)c2)ccc1OC(C)C. The first-order chi connectivity index (χ1) is 9.94. The van der Waals surface area contributed by atoms with Crippen molar-refractivity contribution in [3.05, 3.63) is 36.2 Å². The Labute approximate surface area is 124 Å². The Morgan fingerprint density at radius 1 is 1.29 bits per heavy atom. The van der Waals surface area contributed by atoms with Gasteiger partial charge >= 0.3 is 6.03 Å². The zero-order valence-corrected chi connectivity index (χ0v) is 12.7. The average Bonchev–Trinajstić information content (AvgIpc) is 2.77. The minimum atomic E-state index is -0.306. The Hall–Kier alpha value is -2.50. The van der Waals surface area contributed by atoms with Gasteiger partial charge in [-0.05, 0) is 44.5 Å². The largest absolute Gasteiger partial charge is 0.491 e. The average molecular weight is 288 g/mol. The van der Waals surface area contributed by atoms with Gasteiger partial charge in [-0.2, -0.15) is 5.10 Å². The van der Waals surface area contributed by atoms with Crippen molar-refractivity contribution in [3.8, 4) is 5.75 Å². The van der Waals surface area contributed by atoms with Crippen LogP contribution in [0.3, 0.4) is 0 Å². The van der Waals surface area contributed by atoms with Gasteiger partial charge in [0.2, 0.25) is 0 Å². The van der Waals surface area contributed by atoms with Crippen LogP contribution in [0.1, 0.15) is 19.4 Å². The van der Waals surface area contributed by atoms with Crippen molar-refractivity contribution in [1.82, 2.24) is 9.78 Å². The maximum absolute atomic E-state index is 11.9. The number of carbonyl (C=O) groups excluding carboxylic acids is 1. The Kier molecular flexibility index (Phi) is 4.47. The number of urea groups is 1. The molecular weight excluding hydrogens is 268 g/mol. The number of ether oxygens (including phenoxy) is 1. The molecule has 6 nitrogen and oxygen atoms in total. The molecule has 2 rings (SSSR count). The Balaban J connectivity index is 1.99. The van der Waals surface area contributed by atoms with Crippen molar-refractivity contribution in [1.29, 1.82) is 0 Å². The highest BCUT2D eigenvalue weighted by Gasteiger charge is 2.07. The van der Waals surface area contributed by atoms with E-state index in [1.54, 1.807) is 24.1 Å². The lowest BCUT2D eigenvalue weighted by Crippen LogP contribution is -2.19. The van der Waals surface area contributed by atoms with Gasteiger partial charge in [-0.25, -0.2) is 4.79 Å². The molecule has 6 heteroatoms. The Morgan fingerprint density at radius 3 is 2.57 bits per heavy atom. The van der Waals surface area contributed by atoms with Crippen LogP contribution in [0.2, 0.25) is 0 Å². The number of carbonyl (C=O) groups is 1. The summed E-state index contributed by atoms with van der Waals surface area (Å²) in [7, 11) is 1.79. The van der Waals surface area contributed by atoms with Crippen molar-refractivity contribution < 1.29 is 9.53 Å². The highest BCUT2D eigenvalue weighted by molar-refractivity contribution is 5.99. The summed E-state index contributed by atoms with van der Waals surface area (Å²) in [6.07, 6.45) is 3.44. The summed E-state index contributed by atoms with van der Waals surface area (Å²) in [5, 5.41) is 9.48. The van der Waals surface area contributed by atoms with Crippen molar-refractivity contribution in [2.75, 3.05) is 10.6 Å². The van der Waals surface area contributed by atoms with E-state index in [1.165, 1.54) is 0 Å². The third-order valence-electron chi connectivity index (χ3n) is 2.76. The third-order valence-corrected chi connectivity index (χ3v) is 2.76. The van der Waals surface area contributed by atoms with E-state index in [0.717, 1.165) is 11.3 Å². The number of hydrogen-bond acceptors (Lipinski definition) is 3. The van der Waals surface area contributed by atoms with E-state index in [4.69, 9.17) is 4.74 Å². The normalized spacial score (nSPS) is 10.5. The number of benzene rings is 1. The number of hydrogen-bond donors (Lipinski definition) is 2. The fraction of sp³-hybridized carbons (Fsp3) is 0.333. The van der Waals surface area contributed by atoms with Crippen LogP contribution < -0.4 is 15.4 Å². The number of rotatable bonds is 4. The minimum absolute atomic E-state index is 0.122. The van der Waals surface area contributed by atoms with Crippen molar-refractivity contribution in [3.63, 3.8) is 0 Å². The lowest BCUT2D eigenvalue weighted by molar-refractivity contribution is 0.241. The summed E-state index contributed by atoms with van der Waals surface area (Å²) in [6.45, 7) is 5.90. The summed E-state index contributed by atoms with van der Waals surface area (Å²) < 4.78 is 7.29. The molecular formula is C15H20N4O2. The van der Waals surface area contributed by atoms with E-state index >= 15 is 0 Å². The van der Waals surface area contributed by atoms with Crippen LogP contribution in [0.5, 0.6) is 5.75 Å². The predicted molar refractivity (Wildman–Crippen MR) is 82.8 cm³/mol.